The van der Waals surface area contributed by atoms with Crippen LogP contribution in [0.25, 0.3) is 0 Å². The van der Waals surface area contributed by atoms with E-state index >= 15 is 0 Å². The molecule has 1 N–H and O–H groups in total. The zero-order chi connectivity index (χ0) is 14.0. The minimum atomic E-state index is -2.94. The van der Waals surface area contributed by atoms with E-state index < -0.39 is 14.6 Å². The highest BCUT2D eigenvalue weighted by molar-refractivity contribution is 7.92. The van der Waals surface area contributed by atoms with Gasteiger partial charge < -0.3 is 5.32 Å². The van der Waals surface area contributed by atoms with Crippen molar-refractivity contribution in [3.8, 4) is 0 Å². The van der Waals surface area contributed by atoms with Crippen LogP contribution in [0.1, 0.15) is 53.9 Å². The molecule has 0 amide bonds. The molecule has 1 fully saturated rings. The molecule has 0 aromatic heterocycles. The summed E-state index contributed by atoms with van der Waals surface area (Å²) in [4.78, 5) is 0. The average Bonchev–Trinajstić information content (AvgIpc) is 2.13. The van der Waals surface area contributed by atoms with Crippen LogP contribution in [-0.2, 0) is 9.84 Å². The van der Waals surface area contributed by atoms with Crippen LogP contribution in [0.15, 0.2) is 0 Å². The second-order valence-electron chi connectivity index (χ2n) is 6.88. The van der Waals surface area contributed by atoms with Crippen molar-refractivity contribution in [2.45, 2.75) is 64.7 Å². The minimum absolute atomic E-state index is 0.347. The van der Waals surface area contributed by atoms with Crippen LogP contribution in [0, 0.1) is 11.8 Å². The Labute approximate surface area is 113 Å². The van der Waals surface area contributed by atoms with E-state index in [2.05, 4.69) is 19.2 Å². The van der Waals surface area contributed by atoms with Gasteiger partial charge in [0, 0.05) is 6.04 Å². The van der Waals surface area contributed by atoms with Gasteiger partial charge in [0.1, 0.15) is 0 Å². The molecule has 0 heterocycles. The summed E-state index contributed by atoms with van der Waals surface area (Å²) in [5.74, 6) is 1.63. The van der Waals surface area contributed by atoms with Crippen LogP contribution in [0.3, 0.4) is 0 Å². The molecule has 4 heteroatoms. The van der Waals surface area contributed by atoms with Crippen molar-refractivity contribution in [3.63, 3.8) is 0 Å². The van der Waals surface area contributed by atoms with E-state index in [0.29, 0.717) is 23.6 Å². The Kier molecular flexibility index (Phi) is 5.24. The Morgan fingerprint density at radius 2 is 1.72 bits per heavy atom. The molecule has 2 unspecified atom stereocenters. The van der Waals surface area contributed by atoms with Crippen LogP contribution in [-0.4, -0.2) is 31.5 Å². The second-order valence-corrected chi connectivity index (χ2v) is 9.74. The zero-order valence-corrected chi connectivity index (χ0v) is 13.3. The van der Waals surface area contributed by atoms with Gasteiger partial charge in [-0.25, -0.2) is 8.42 Å². The Morgan fingerprint density at radius 3 is 2.11 bits per heavy atom. The van der Waals surface area contributed by atoms with Gasteiger partial charge in [0.2, 0.25) is 0 Å². The topological polar surface area (TPSA) is 46.2 Å². The van der Waals surface area contributed by atoms with E-state index in [0.717, 1.165) is 13.0 Å². The molecule has 2 atom stereocenters. The smallest absolute Gasteiger partial charge is 0.155 e. The molecule has 1 aliphatic carbocycles. The first-order valence-corrected chi connectivity index (χ1v) is 8.74. The lowest BCUT2D eigenvalue weighted by Gasteiger charge is -2.38. The van der Waals surface area contributed by atoms with E-state index in [1.54, 1.807) is 20.8 Å². The monoisotopic (exact) mass is 275 g/mol. The van der Waals surface area contributed by atoms with Gasteiger partial charge in [-0.1, -0.05) is 13.8 Å². The molecule has 3 nitrogen and oxygen atoms in total. The maximum Gasteiger partial charge on any atom is 0.155 e. The first-order valence-electron chi connectivity index (χ1n) is 7.09. The molecule has 1 rings (SSSR count). The fourth-order valence-electron chi connectivity index (χ4n) is 2.29. The van der Waals surface area contributed by atoms with Gasteiger partial charge in [0.15, 0.2) is 9.84 Å². The maximum atomic E-state index is 12.1. The van der Waals surface area contributed by atoms with E-state index in [9.17, 15) is 8.42 Å². The highest BCUT2D eigenvalue weighted by Crippen LogP contribution is 2.37. The van der Waals surface area contributed by atoms with Gasteiger partial charge in [-0.15, -0.1) is 0 Å². The third kappa shape index (κ3) is 4.23. The molecular formula is C14H29NO2S. The zero-order valence-electron chi connectivity index (χ0n) is 12.5. The highest BCUT2D eigenvalue weighted by Gasteiger charge is 2.34. The molecule has 0 saturated heterocycles. The van der Waals surface area contributed by atoms with Crippen molar-refractivity contribution >= 4 is 9.84 Å². The number of nitrogens with one attached hydrogen (secondary N) is 1. The lowest BCUT2D eigenvalue weighted by molar-refractivity contribution is 0.164. The molecule has 0 aromatic rings. The summed E-state index contributed by atoms with van der Waals surface area (Å²) in [6, 6.07) is 0.518. The van der Waals surface area contributed by atoms with E-state index in [4.69, 9.17) is 0 Å². The van der Waals surface area contributed by atoms with Gasteiger partial charge in [0.05, 0.1) is 10.5 Å². The van der Waals surface area contributed by atoms with Gasteiger partial charge in [-0.3, -0.25) is 0 Å². The number of hydrogen-bond donors (Lipinski definition) is 1. The molecule has 0 aliphatic heterocycles. The fraction of sp³-hybridized carbons (Fsp3) is 1.00. The third-order valence-electron chi connectivity index (χ3n) is 4.05. The summed E-state index contributed by atoms with van der Waals surface area (Å²) in [7, 11) is -2.94. The molecule has 108 valence electrons. The minimum Gasteiger partial charge on any atom is -0.314 e. The second kappa shape index (κ2) is 5.91. The normalized spacial score (nSPS) is 25.2. The van der Waals surface area contributed by atoms with Crippen LogP contribution >= 0.6 is 0 Å². The van der Waals surface area contributed by atoms with Crippen molar-refractivity contribution in [1.82, 2.24) is 5.32 Å². The standard InChI is InChI=1S/C14H29NO2S/c1-11(2)15-10-13-7-6-12(13)8-9-18(16,17)14(3,4)5/h11-13,15H,6-10H2,1-5H3. The maximum absolute atomic E-state index is 12.1. The Hall–Kier alpha value is -0.0900. The van der Waals surface area contributed by atoms with Crippen LogP contribution < -0.4 is 5.32 Å². The summed E-state index contributed by atoms with van der Waals surface area (Å²) in [6.45, 7) is 10.7. The first kappa shape index (κ1) is 16.0. The quantitative estimate of drug-likeness (QED) is 0.810. The van der Waals surface area contributed by atoms with Crippen molar-refractivity contribution in [3.05, 3.63) is 0 Å². The summed E-state index contributed by atoms with van der Waals surface area (Å²) in [5.41, 5.74) is 0. The number of sulfone groups is 1. The molecule has 1 saturated carbocycles. The van der Waals surface area contributed by atoms with Gasteiger partial charge in [-0.05, 0) is 58.4 Å². The first-order chi connectivity index (χ1) is 8.13. The Morgan fingerprint density at radius 1 is 1.17 bits per heavy atom. The third-order valence-corrected chi connectivity index (χ3v) is 6.69. The predicted molar refractivity (Wildman–Crippen MR) is 77.5 cm³/mol. The van der Waals surface area contributed by atoms with Crippen molar-refractivity contribution in [2.24, 2.45) is 11.8 Å². The van der Waals surface area contributed by atoms with E-state index in [1.165, 1.54) is 12.8 Å². The van der Waals surface area contributed by atoms with Gasteiger partial charge >= 0.3 is 0 Å². The van der Waals surface area contributed by atoms with Gasteiger partial charge in [0.25, 0.3) is 0 Å². The van der Waals surface area contributed by atoms with Gasteiger partial charge in [-0.2, -0.15) is 0 Å². The van der Waals surface area contributed by atoms with Crippen molar-refractivity contribution < 1.29 is 8.42 Å². The molecule has 0 bridgehead atoms. The molecule has 18 heavy (non-hydrogen) atoms. The molecule has 1 aliphatic rings. The summed E-state index contributed by atoms with van der Waals surface area (Å²) >= 11 is 0. The van der Waals surface area contributed by atoms with Crippen molar-refractivity contribution in [1.29, 1.82) is 0 Å². The lowest BCUT2D eigenvalue weighted by Crippen LogP contribution is -2.39. The predicted octanol–water partition coefficient (Wildman–Crippen LogP) is 2.61. The summed E-state index contributed by atoms with van der Waals surface area (Å²) in [6.07, 6.45) is 3.29. The Balaban J connectivity index is 2.37. The summed E-state index contributed by atoms with van der Waals surface area (Å²) < 4.78 is 23.5. The molecule has 0 radical (unpaired) electrons. The molecule has 0 aromatic carbocycles. The van der Waals surface area contributed by atoms with Crippen LogP contribution in [0.4, 0.5) is 0 Å². The average molecular weight is 275 g/mol. The SMILES string of the molecule is CC(C)NCC1CCC1CCS(=O)(=O)C(C)(C)C. The van der Waals surface area contributed by atoms with E-state index in [-0.39, 0.29) is 0 Å². The number of rotatable bonds is 6. The highest BCUT2D eigenvalue weighted by atomic mass is 32.2. The van der Waals surface area contributed by atoms with E-state index in [1.807, 2.05) is 0 Å². The summed E-state index contributed by atoms with van der Waals surface area (Å²) in [5, 5.41) is 3.46. The van der Waals surface area contributed by atoms with Crippen molar-refractivity contribution in [2.75, 3.05) is 12.3 Å². The molecular weight excluding hydrogens is 246 g/mol. The largest absolute Gasteiger partial charge is 0.314 e. The van der Waals surface area contributed by atoms with Crippen LogP contribution in [0.5, 0.6) is 0 Å². The Bertz CT molecular complexity index is 354. The van der Waals surface area contributed by atoms with Crippen LogP contribution in [0.2, 0.25) is 0 Å². The molecule has 0 spiro atoms. The number of hydrogen-bond acceptors (Lipinski definition) is 3. The fourth-order valence-corrected chi connectivity index (χ4v) is 3.51. The lowest BCUT2D eigenvalue weighted by atomic mass is 9.72.